The first-order valence-corrected chi connectivity index (χ1v) is 13.0. The first kappa shape index (κ1) is 22.1. The van der Waals surface area contributed by atoms with Crippen LogP contribution in [0.1, 0.15) is 34.3 Å². The molecule has 0 saturated heterocycles. The summed E-state index contributed by atoms with van der Waals surface area (Å²) in [6.07, 6.45) is 1.44. The minimum atomic E-state index is -0.615. The van der Waals surface area contributed by atoms with Crippen LogP contribution in [-0.2, 0) is 22.3 Å². The van der Waals surface area contributed by atoms with Gasteiger partial charge in [0.05, 0.1) is 0 Å². The monoisotopic (exact) mass is 484 g/mol. The summed E-state index contributed by atoms with van der Waals surface area (Å²) in [5.41, 5.74) is 6.76. The average molecular weight is 485 g/mol. The molecular weight excluding hydrogens is 456 g/mol. The lowest BCUT2D eigenvalue weighted by Crippen LogP contribution is -2.43. The third kappa shape index (κ3) is 3.84. The van der Waals surface area contributed by atoms with E-state index < -0.39 is 5.41 Å². The van der Waals surface area contributed by atoms with Gasteiger partial charge in [-0.05, 0) is 46.2 Å². The quantitative estimate of drug-likeness (QED) is 0.320. The third-order valence-electron chi connectivity index (χ3n) is 7.80. The van der Waals surface area contributed by atoms with Crippen molar-refractivity contribution in [3.63, 3.8) is 0 Å². The van der Waals surface area contributed by atoms with Crippen molar-refractivity contribution in [1.29, 1.82) is 0 Å². The van der Waals surface area contributed by atoms with Crippen LogP contribution in [0.15, 0.2) is 119 Å². The summed E-state index contributed by atoms with van der Waals surface area (Å²) >= 11 is 0. The van der Waals surface area contributed by atoms with Gasteiger partial charge in [-0.2, -0.15) is 0 Å². The standard InChI is InChI=1S/C33H28N2O2/c1-3-11-23(12-4-1)29-21-36-31(34-29)33(32-35-30(22-37-32)24-13-5-2-6-14-24)19-25-15-7-9-17-27(25)28-18-10-8-16-26(28)20-33/h1-18,29-30H,19-22H2/t29-,30-/m0/s1. The number of rotatable bonds is 4. The molecule has 0 amide bonds. The molecule has 0 spiro atoms. The molecule has 37 heavy (non-hydrogen) atoms. The third-order valence-corrected chi connectivity index (χ3v) is 7.80. The Hall–Kier alpha value is -4.18. The molecule has 0 aromatic heterocycles. The van der Waals surface area contributed by atoms with Gasteiger partial charge >= 0.3 is 0 Å². The van der Waals surface area contributed by atoms with E-state index in [0.717, 1.165) is 24.6 Å². The fourth-order valence-corrected chi connectivity index (χ4v) is 5.94. The molecule has 2 aliphatic heterocycles. The molecule has 182 valence electrons. The zero-order chi connectivity index (χ0) is 24.7. The van der Waals surface area contributed by atoms with Gasteiger partial charge < -0.3 is 9.47 Å². The van der Waals surface area contributed by atoms with Crippen molar-refractivity contribution in [2.24, 2.45) is 15.4 Å². The Morgan fingerprint density at radius 3 is 1.38 bits per heavy atom. The van der Waals surface area contributed by atoms with Gasteiger partial charge in [0.25, 0.3) is 0 Å². The highest BCUT2D eigenvalue weighted by molar-refractivity contribution is 6.07. The van der Waals surface area contributed by atoms with E-state index in [0.29, 0.717) is 13.2 Å². The molecule has 0 unspecified atom stereocenters. The van der Waals surface area contributed by atoms with Crippen LogP contribution in [0.4, 0.5) is 0 Å². The Morgan fingerprint density at radius 1 is 0.514 bits per heavy atom. The lowest BCUT2D eigenvalue weighted by molar-refractivity contribution is 0.250. The number of aliphatic imine (C=N–C) groups is 2. The van der Waals surface area contributed by atoms with Crippen LogP contribution in [-0.4, -0.2) is 25.0 Å². The van der Waals surface area contributed by atoms with Crippen molar-refractivity contribution >= 4 is 11.8 Å². The number of nitrogens with zero attached hydrogens (tertiary/aromatic N) is 2. The van der Waals surface area contributed by atoms with Gasteiger partial charge in [0.1, 0.15) is 30.7 Å². The van der Waals surface area contributed by atoms with Crippen molar-refractivity contribution < 1.29 is 9.47 Å². The van der Waals surface area contributed by atoms with Crippen LogP contribution in [0.5, 0.6) is 0 Å². The molecule has 4 nitrogen and oxygen atoms in total. The molecular formula is C33H28N2O2. The summed E-state index contributed by atoms with van der Waals surface area (Å²) in [6.45, 7) is 1.06. The second kappa shape index (κ2) is 9.04. The second-order valence-electron chi connectivity index (χ2n) is 10.1. The molecule has 4 heteroatoms. The van der Waals surface area contributed by atoms with E-state index in [2.05, 4.69) is 97.1 Å². The maximum Gasteiger partial charge on any atom is 0.200 e. The number of benzene rings is 4. The Balaban J connectivity index is 1.40. The lowest BCUT2D eigenvalue weighted by Gasteiger charge is -2.31. The molecule has 1 aliphatic carbocycles. The fraction of sp³-hybridized carbons (Fsp3) is 0.212. The molecule has 0 N–H and O–H groups in total. The van der Waals surface area contributed by atoms with Crippen molar-refractivity contribution in [2.75, 3.05) is 13.2 Å². The summed E-state index contributed by atoms with van der Waals surface area (Å²) in [7, 11) is 0. The summed E-state index contributed by atoms with van der Waals surface area (Å²) in [6, 6.07) is 38.1. The minimum absolute atomic E-state index is 0.0336. The number of fused-ring (bicyclic) bond motifs is 3. The SMILES string of the molecule is c1ccc([C@@H]2COC(C3(C4=N[C@H](c5ccccc5)CO4)Cc4ccccc4-c4ccccc4C3)=N2)cc1. The largest absolute Gasteiger partial charge is 0.478 e. The van der Waals surface area contributed by atoms with Crippen LogP contribution in [0.3, 0.4) is 0 Å². The highest BCUT2D eigenvalue weighted by Gasteiger charge is 2.50. The van der Waals surface area contributed by atoms with Gasteiger partial charge in [0, 0.05) is 0 Å². The van der Waals surface area contributed by atoms with Gasteiger partial charge in [0.2, 0.25) is 11.8 Å². The fourth-order valence-electron chi connectivity index (χ4n) is 5.94. The smallest absolute Gasteiger partial charge is 0.200 e. The molecule has 0 radical (unpaired) electrons. The molecule has 4 aromatic rings. The normalized spacial score (nSPS) is 21.5. The van der Waals surface area contributed by atoms with E-state index in [-0.39, 0.29) is 12.1 Å². The Labute approximate surface area is 217 Å². The minimum Gasteiger partial charge on any atom is -0.478 e. The van der Waals surface area contributed by atoms with E-state index in [1.165, 1.54) is 33.4 Å². The van der Waals surface area contributed by atoms with E-state index in [4.69, 9.17) is 19.5 Å². The molecule has 2 heterocycles. The van der Waals surface area contributed by atoms with Crippen LogP contribution in [0.25, 0.3) is 11.1 Å². The van der Waals surface area contributed by atoms with Crippen LogP contribution >= 0.6 is 0 Å². The predicted octanol–water partition coefficient (Wildman–Crippen LogP) is 6.78. The van der Waals surface area contributed by atoms with Gasteiger partial charge in [-0.25, -0.2) is 9.98 Å². The van der Waals surface area contributed by atoms with Gasteiger partial charge in [-0.15, -0.1) is 0 Å². The first-order valence-electron chi connectivity index (χ1n) is 13.0. The number of hydrogen-bond donors (Lipinski definition) is 0. The molecule has 0 saturated carbocycles. The van der Waals surface area contributed by atoms with Crippen molar-refractivity contribution in [2.45, 2.75) is 24.9 Å². The zero-order valence-corrected chi connectivity index (χ0v) is 20.6. The van der Waals surface area contributed by atoms with Crippen LogP contribution < -0.4 is 0 Å². The molecule has 0 fully saturated rings. The Bertz CT molecular complexity index is 1380. The Morgan fingerprint density at radius 2 is 0.919 bits per heavy atom. The van der Waals surface area contributed by atoms with Crippen molar-refractivity contribution in [3.8, 4) is 11.1 Å². The molecule has 3 aliphatic rings. The molecule has 4 aromatic carbocycles. The molecule has 0 bridgehead atoms. The lowest BCUT2D eigenvalue weighted by atomic mass is 9.77. The number of ether oxygens (including phenoxy) is 2. The van der Waals surface area contributed by atoms with Gasteiger partial charge in [-0.1, -0.05) is 109 Å². The van der Waals surface area contributed by atoms with E-state index in [1.807, 2.05) is 12.1 Å². The summed E-state index contributed by atoms with van der Waals surface area (Å²) in [4.78, 5) is 10.4. The maximum atomic E-state index is 6.49. The van der Waals surface area contributed by atoms with E-state index >= 15 is 0 Å². The molecule has 7 rings (SSSR count). The number of hydrogen-bond acceptors (Lipinski definition) is 4. The van der Waals surface area contributed by atoms with Crippen molar-refractivity contribution in [1.82, 2.24) is 0 Å². The zero-order valence-electron chi connectivity index (χ0n) is 20.6. The molecule has 2 atom stereocenters. The van der Waals surface area contributed by atoms with Gasteiger partial charge in [0.15, 0.2) is 0 Å². The van der Waals surface area contributed by atoms with E-state index in [9.17, 15) is 0 Å². The maximum absolute atomic E-state index is 6.49. The van der Waals surface area contributed by atoms with E-state index in [1.54, 1.807) is 0 Å². The summed E-state index contributed by atoms with van der Waals surface area (Å²) in [5, 5.41) is 0. The highest BCUT2D eigenvalue weighted by atomic mass is 16.5. The predicted molar refractivity (Wildman–Crippen MR) is 147 cm³/mol. The Kier molecular flexibility index (Phi) is 5.39. The summed E-state index contributed by atoms with van der Waals surface area (Å²) < 4.78 is 13.0. The summed E-state index contributed by atoms with van der Waals surface area (Å²) in [5.74, 6) is 1.47. The topological polar surface area (TPSA) is 43.2 Å². The van der Waals surface area contributed by atoms with Crippen LogP contribution in [0, 0.1) is 5.41 Å². The van der Waals surface area contributed by atoms with Crippen LogP contribution in [0.2, 0.25) is 0 Å². The first-order chi connectivity index (χ1) is 18.3. The highest BCUT2D eigenvalue weighted by Crippen LogP contribution is 2.46. The second-order valence-corrected chi connectivity index (χ2v) is 10.1. The van der Waals surface area contributed by atoms with Gasteiger partial charge in [-0.3, -0.25) is 0 Å². The van der Waals surface area contributed by atoms with Crippen molar-refractivity contribution in [3.05, 3.63) is 131 Å². The average Bonchev–Trinajstić information content (AvgIpc) is 3.63.